The second kappa shape index (κ2) is 10.7. The van der Waals surface area contributed by atoms with Crippen LogP contribution in [-0.2, 0) is 9.59 Å². The largest absolute Gasteiger partial charge is 0.293 e. The van der Waals surface area contributed by atoms with Crippen molar-refractivity contribution < 1.29 is 14.4 Å². The van der Waals surface area contributed by atoms with Gasteiger partial charge in [-0.25, -0.2) is 0 Å². The van der Waals surface area contributed by atoms with Gasteiger partial charge >= 0.3 is 0 Å². The van der Waals surface area contributed by atoms with Gasteiger partial charge in [-0.15, -0.1) is 0 Å². The summed E-state index contributed by atoms with van der Waals surface area (Å²) < 4.78 is 1.11. The average Bonchev–Trinajstić information content (AvgIpc) is 3.01. The molecule has 31 heavy (non-hydrogen) atoms. The van der Waals surface area contributed by atoms with E-state index in [4.69, 9.17) is 12.2 Å². The molecular formula is C22H20BrN3O3S2. The van der Waals surface area contributed by atoms with Crippen LogP contribution in [0.15, 0.2) is 57.9 Å². The van der Waals surface area contributed by atoms with E-state index in [0.717, 1.165) is 11.1 Å². The van der Waals surface area contributed by atoms with Crippen LogP contribution >= 0.6 is 39.9 Å². The van der Waals surface area contributed by atoms with Crippen LogP contribution in [0.1, 0.15) is 34.3 Å². The number of thioether (sulfide) groups is 1. The Hall–Kier alpha value is -2.49. The third-order valence-corrected chi connectivity index (χ3v) is 6.54. The number of hydrazine groups is 1. The molecule has 0 radical (unpaired) electrons. The van der Waals surface area contributed by atoms with Gasteiger partial charge in [-0.2, -0.15) is 0 Å². The van der Waals surface area contributed by atoms with Gasteiger partial charge in [-0.05, 0) is 53.0 Å². The molecule has 2 aromatic rings. The predicted octanol–water partition coefficient (Wildman–Crippen LogP) is 4.20. The summed E-state index contributed by atoms with van der Waals surface area (Å²) in [5, 5.41) is 0. The van der Waals surface area contributed by atoms with Gasteiger partial charge in [-0.1, -0.05) is 65.9 Å². The van der Waals surface area contributed by atoms with E-state index < -0.39 is 5.91 Å². The minimum Gasteiger partial charge on any atom is -0.293 e. The lowest BCUT2D eigenvalue weighted by atomic mass is 10.1. The number of nitrogens with one attached hydrogen (secondary N) is 2. The number of nitrogens with zero attached hydrogens (tertiary/aromatic N) is 1. The first-order valence-corrected chi connectivity index (χ1v) is 11.5. The van der Waals surface area contributed by atoms with Crippen molar-refractivity contribution in [1.82, 2.24) is 15.8 Å². The molecule has 0 bridgehead atoms. The smallest absolute Gasteiger partial charge is 0.270 e. The van der Waals surface area contributed by atoms with Gasteiger partial charge in [0.2, 0.25) is 5.91 Å². The molecule has 1 heterocycles. The summed E-state index contributed by atoms with van der Waals surface area (Å²) in [6.45, 7) is 2.34. The zero-order chi connectivity index (χ0) is 22.4. The molecule has 1 aliphatic rings. The number of aryl methyl sites for hydroxylation is 1. The summed E-state index contributed by atoms with van der Waals surface area (Å²) in [6, 6.07) is 14.8. The van der Waals surface area contributed by atoms with Gasteiger partial charge < -0.3 is 0 Å². The molecule has 1 fully saturated rings. The molecular weight excluding hydrogens is 498 g/mol. The maximum atomic E-state index is 12.7. The van der Waals surface area contributed by atoms with E-state index in [2.05, 4.69) is 26.8 Å². The lowest BCUT2D eigenvalue weighted by Gasteiger charge is -2.14. The van der Waals surface area contributed by atoms with E-state index >= 15 is 0 Å². The summed E-state index contributed by atoms with van der Waals surface area (Å²) in [5.41, 5.74) is 7.28. The van der Waals surface area contributed by atoms with Crippen LogP contribution in [0.2, 0.25) is 0 Å². The zero-order valence-corrected chi connectivity index (χ0v) is 19.9. The number of benzene rings is 2. The van der Waals surface area contributed by atoms with Crippen molar-refractivity contribution in [2.24, 2.45) is 0 Å². The van der Waals surface area contributed by atoms with Crippen molar-refractivity contribution in [1.29, 1.82) is 0 Å². The third kappa shape index (κ3) is 6.25. The fraction of sp³-hybridized carbons (Fsp3) is 0.182. The van der Waals surface area contributed by atoms with E-state index in [1.54, 1.807) is 24.3 Å². The molecule has 0 atom stereocenters. The molecule has 1 saturated heterocycles. The van der Waals surface area contributed by atoms with E-state index in [9.17, 15) is 14.4 Å². The van der Waals surface area contributed by atoms with Crippen LogP contribution < -0.4 is 10.9 Å². The number of carbonyl (C=O) groups excluding carboxylic acids is 3. The maximum absolute atomic E-state index is 12.7. The van der Waals surface area contributed by atoms with Crippen LogP contribution in [0.4, 0.5) is 0 Å². The van der Waals surface area contributed by atoms with Crippen LogP contribution in [0, 0.1) is 6.92 Å². The second-order valence-electron chi connectivity index (χ2n) is 6.83. The van der Waals surface area contributed by atoms with Crippen molar-refractivity contribution in [3.63, 3.8) is 0 Å². The highest BCUT2D eigenvalue weighted by Gasteiger charge is 2.31. The Kier molecular flexibility index (Phi) is 8.00. The summed E-state index contributed by atoms with van der Waals surface area (Å²) in [7, 11) is 0. The standard InChI is InChI=1S/C22H20BrN3O3S2/c1-14-8-10-15(11-9-14)13-18-21(29)26(22(30)31-18)12-4-7-19(27)24-25-20(28)16-5-2-3-6-17(16)23/h2-3,5-6,8-11,13H,4,7,12H2,1H3,(H,24,27)(H,25,28)/b18-13-. The number of carbonyl (C=O) groups is 3. The van der Waals surface area contributed by atoms with Crippen LogP contribution in [0.5, 0.6) is 0 Å². The number of amides is 3. The first-order valence-electron chi connectivity index (χ1n) is 9.51. The summed E-state index contributed by atoms with van der Waals surface area (Å²) in [6.07, 6.45) is 2.38. The third-order valence-electron chi connectivity index (χ3n) is 4.47. The van der Waals surface area contributed by atoms with Crippen molar-refractivity contribution in [2.75, 3.05) is 6.54 Å². The summed E-state index contributed by atoms with van der Waals surface area (Å²) in [5.74, 6) is -0.918. The molecule has 0 aliphatic carbocycles. The summed E-state index contributed by atoms with van der Waals surface area (Å²) >= 11 is 9.88. The van der Waals surface area contributed by atoms with Gasteiger partial charge in [0.1, 0.15) is 4.32 Å². The van der Waals surface area contributed by atoms with Crippen molar-refractivity contribution in [2.45, 2.75) is 19.8 Å². The van der Waals surface area contributed by atoms with Crippen molar-refractivity contribution in [3.8, 4) is 0 Å². The second-order valence-corrected chi connectivity index (χ2v) is 9.36. The fourth-order valence-electron chi connectivity index (χ4n) is 2.81. The SMILES string of the molecule is Cc1ccc(/C=C2\SC(=S)N(CCCC(=O)NNC(=O)c3ccccc3Br)C2=O)cc1. The topological polar surface area (TPSA) is 78.5 Å². The minimum absolute atomic E-state index is 0.143. The van der Waals surface area contributed by atoms with E-state index in [-0.39, 0.29) is 18.2 Å². The predicted molar refractivity (Wildman–Crippen MR) is 130 cm³/mol. The quantitative estimate of drug-likeness (QED) is 0.341. The van der Waals surface area contributed by atoms with Gasteiger partial charge in [0.05, 0.1) is 10.5 Å². The molecule has 0 unspecified atom stereocenters. The average molecular weight is 518 g/mol. The van der Waals surface area contributed by atoms with Crippen LogP contribution in [0.3, 0.4) is 0 Å². The van der Waals surface area contributed by atoms with E-state index in [1.807, 2.05) is 37.3 Å². The first-order chi connectivity index (χ1) is 14.8. The van der Waals surface area contributed by atoms with Crippen molar-refractivity contribution in [3.05, 3.63) is 74.6 Å². The highest BCUT2D eigenvalue weighted by atomic mass is 79.9. The Labute approximate surface area is 198 Å². The van der Waals surface area contributed by atoms with Crippen molar-refractivity contribution >= 4 is 68.0 Å². The monoisotopic (exact) mass is 517 g/mol. The highest BCUT2D eigenvalue weighted by molar-refractivity contribution is 9.10. The lowest BCUT2D eigenvalue weighted by Crippen LogP contribution is -2.42. The van der Waals surface area contributed by atoms with E-state index in [1.165, 1.54) is 16.7 Å². The maximum Gasteiger partial charge on any atom is 0.270 e. The molecule has 0 spiro atoms. The van der Waals surface area contributed by atoms with Crippen LogP contribution in [-0.4, -0.2) is 33.5 Å². The Balaban J connectivity index is 1.46. The van der Waals surface area contributed by atoms with Gasteiger partial charge in [0.15, 0.2) is 0 Å². The Morgan fingerprint density at radius 2 is 1.84 bits per heavy atom. The lowest BCUT2D eigenvalue weighted by molar-refractivity contribution is -0.124. The number of halogens is 1. The Morgan fingerprint density at radius 1 is 1.13 bits per heavy atom. The van der Waals surface area contributed by atoms with Gasteiger partial charge in [-0.3, -0.25) is 30.1 Å². The first kappa shape index (κ1) is 23.2. The van der Waals surface area contributed by atoms with Gasteiger partial charge in [0.25, 0.3) is 11.8 Å². The molecule has 3 rings (SSSR count). The highest BCUT2D eigenvalue weighted by Crippen LogP contribution is 2.32. The molecule has 2 aromatic carbocycles. The number of thiocarbonyl (C=S) groups is 1. The molecule has 2 N–H and O–H groups in total. The van der Waals surface area contributed by atoms with E-state index in [0.29, 0.717) is 32.2 Å². The zero-order valence-electron chi connectivity index (χ0n) is 16.7. The molecule has 6 nitrogen and oxygen atoms in total. The molecule has 0 saturated carbocycles. The minimum atomic E-state index is -0.418. The number of hydrogen-bond acceptors (Lipinski definition) is 5. The molecule has 0 aromatic heterocycles. The number of rotatable bonds is 6. The number of hydrogen-bond donors (Lipinski definition) is 2. The molecule has 160 valence electrons. The molecule has 3 amide bonds. The van der Waals surface area contributed by atoms with Gasteiger partial charge in [0, 0.05) is 17.4 Å². The fourth-order valence-corrected chi connectivity index (χ4v) is 4.58. The summed E-state index contributed by atoms with van der Waals surface area (Å²) in [4.78, 5) is 38.9. The normalized spacial score (nSPS) is 14.8. The molecule has 1 aliphatic heterocycles. The Bertz CT molecular complexity index is 1050. The Morgan fingerprint density at radius 3 is 2.55 bits per heavy atom. The molecule has 9 heteroatoms. The van der Waals surface area contributed by atoms with Crippen LogP contribution in [0.25, 0.3) is 6.08 Å².